The molecule has 2 amide bonds. The van der Waals surface area contributed by atoms with Crippen molar-refractivity contribution in [3.05, 3.63) is 88.8 Å². The zero-order valence-electron chi connectivity index (χ0n) is 17.4. The standard InChI is InChI=1S/C25H22ClN3O3/c26-22-7-6-20(15-27)23(14-22)29(16-18-4-2-1-3-5-18)25(31)19-8-11-28(12-9-19)24(30)21-10-13-32-17-21/h1-7,10,13-14,17,19H,8-9,11-12,16H2. The van der Waals surface area contributed by atoms with Gasteiger partial charge in [-0.2, -0.15) is 5.26 Å². The topological polar surface area (TPSA) is 77.5 Å². The van der Waals surface area contributed by atoms with Crippen LogP contribution in [0.4, 0.5) is 5.69 Å². The number of likely N-dealkylation sites (tertiary alicyclic amines) is 1. The van der Waals surface area contributed by atoms with E-state index in [-0.39, 0.29) is 17.7 Å². The molecule has 2 heterocycles. The minimum Gasteiger partial charge on any atom is -0.472 e. The number of rotatable bonds is 5. The second-order valence-electron chi connectivity index (χ2n) is 7.76. The van der Waals surface area contributed by atoms with Gasteiger partial charge in [-0.25, -0.2) is 0 Å². The van der Waals surface area contributed by atoms with Gasteiger partial charge in [0.05, 0.1) is 29.6 Å². The van der Waals surface area contributed by atoms with E-state index in [1.165, 1.54) is 12.5 Å². The number of halogens is 1. The number of anilines is 1. The Labute approximate surface area is 191 Å². The van der Waals surface area contributed by atoms with Crippen molar-refractivity contribution >= 4 is 29.1 Å². The summed E-state index contributed by atoms with van der Waals surface area (Å²) in [6, 6.07) is 18.4. The highest BCUT2D eigenvalue weighted by molar-refractivity contribution is 6.31. The number of carbonyl (C=O) groups is 2. The Morgan fingerprint density at radius 2 is 1.88 bits per heavy atom. The lowest BCUT2D eigenvalue weighted by molar-refractivity contribution is -0.123. The Bertz CT molecular complexity index is 1130. The van der Waals surface area contributed by atoms with Crippen molar-refractivity contribution in [2.75, 3.05) is 18.0 Å². The molecule has 0 spiro atoms. The van der Waals surface area contributed by atoms with Crippen molar-refractivity contribution in [1.82, 2.24) is 4.90 Å². The molecule has 0 saturated carbocycles. The molecule has 1 aliphatic rings. The zero-order chi connectivity index (χ0) is 22.5. The first-order valence-corrected chi connectivity index (χ1v) is 10.8. The summed E-state index contributed by atoms with van der Waals surface area (Å²) in [6.45, 7) is 1.31. The fourth-order valence-electron chi connectivity index (χ4n) is 3.99. The number of hydrogen-bond acceptors (Lipinski definition) is 4. The number of nitrogens with zero attached hydrogens (tertiary/aromatic N) is 3. The van der Waals surface area contributed by atoms with Crippen molar-refractivity contribution < 1.29 is 14.0 Å². The van der Waals surface area contributed by atoms with Gasteiger partial charge in [0.25, 0.3) is 5.91 Å². The molecule has 2 aromatic carbocycles. The highest BCUT2D eigenvalue weighted by Crippen LogP contribution is 2.30. The molecular formula is C25H22ClN3O3. The maximum absolute atomic E-state index is 13.6. The van der Waals surface area contributed by atoms with Crippen LogP contribution in [0.2, 0.25) is 5.02 Å². The minimum absolute atomic E-state index is 0.0666. The Morgan fingerprint density at radius 3 is 2.53 bits per heavy atom. The average Bonchev–Trinajstić information content (AvgIpc) is 3.37. The number of piperidine rings is 1. The van der Waals surface area contributed by atoms with Gasteiger partial charge in [0.2, 0.25) is 5.91 Å². The summed E-state index contributed by atoms with van der Waals surface area (Å²) in [6.07, 6.45) is 4.01. The Balaban J connectivity index is 1.55. The van der Waals surface area contributed by atoms with Gasteiger partial charge in [0.15, 0.2) is 0 Å². The lowest BCUT2D eigenvalue weighted by atomic mass is 9.94. The Kier molecular flexibility index (Phi) is 6.58. The van der Waals surface area contributed by atoms with Crippen LogP contribution in [0, 0.1) is 17.2 Å². The van der Waals surface area contributed by atoms with E-state index in [1.807, 2.05) is 30.3 Å². The largest absolute Gasteiger partial charge is 0.472 e. The summed E-state index contributed by atoms with van der Waals surface area (Å²) in [7, 11) is 0. The van der Waals surface area contributed by atoms with Gasteiger partial charge >= 0.3 is 0 Å². The molecule has 6 nitrogen and oxygen atoms in total. The van der Waals surface area contributed by atoms with Crippen LogP contribution in [-0.2, 0) is 11.3 Å². The third-order valence-electron chi connectivity index (χ3n) is 5.72. The molecule has 7 heteroatoms. The molecular weight excluding hydrogens is 426 g/mol. The monoisotopic (exact) mass is 447 g/mol. The smallest absolute Gasteiger partial charge is 0.257 e. The van der Waals surface area contributed by atoms with E-state index in [0.29, 0.717) is 54.3 Å². The number of carbonyl (C=O) groups excluding carboxylic acids is 2. The third-order valence-corrected chi connectivity index (χ3v) is 5.96. The molecule has 0 bridgehead atoms. The molecule has 0 atom stereocenters. The number of amides is 2. The van der Waals surface area contributed by atoms with Gasteiger partial charge in [-0.3, -0.25) is 9.59 Å². The van der Waals surface area contributed by atoms with Gasteiger partial charge in [-0.1, -0.05) is 41.9 Å². The van der Waals surface area contributed by atoms with Crippen LogP contribution in [0.5, 0.6) is 0 Å². The van der Waals surface area contributed by atoms with E-state index < -0.39 is 0 Å². The van der Waals surface area contributed by atoms with E-state index in [4.69, 9.17) is 16.0 Å². The summed E-state index contributed by atoms with van der Waals surface area (Å²) in [5.41, 5.74) is 2.37. The molecule has 1 aliphatic heterocycles. The first-order valence-electron chi connectivity index (χ1n) is 10.4. The molecule has 162 valence electrons. The highest BCUT2D eigenvalue weighted by Gasteiger charge is 2.32. The lowest BCUT2D eigenvalue weighted by Gasteiger charge is -2.34. The number of nitriles is 1. The molecule has 1 aromatic heterocycles. The summed E-state index contributed by atoms with van der Waals surface area (Å²) >= 11 is 6.21. The second-order valence-corrected chi connectivity index (χ2v) is 8.20. The fraction of sp³-hybridized carbons (Fsp3) is 0.240. The fourth-order valence-corrected chi connectivity index (χ4v) is 4.16. The Morgan fingerprint density at radius 1 is 1.12 bits per heavy atom. The highest BCUT2D eigenvalue weighted by atomic mass is 35.5. The van der Waals surface area contributed by atoms with Gasteiger partial charge < -0.3 is 14.2 Å². The average molecular weight is 448 g/mol. The normalized spacial score (nSPS) is 14.1. The lowest BCUT2D eigenvalue weighted by Crippen LogP contribution is -2.44. The van der Waals surface area contributed by atoms with Crippen LogP contribution >= 0.6 is 11.6 Å². The third kappa shape index (κ3) is 4.68. The van der Waals surface area contributed by atoms with Crippen LogP contribution in [0.1, 0.15) is 34.3 Å². The van der Waals surface area contributed by atoms with Crippen LogP contribution in [0.25, 0.3) is 0 Å². The van der Waals surface area contributed by atoms with Crippen molar-refractivity contribution in [3.63, 3.8) is 0 Å². The van der Waals surface area contributed by atoms with E-state index in [2.05, 4.69) is 6.07 Å². The molecule has 4 rings (SSSR count). The zero-order valence-corrected chi connectivity index (χ0v) is 18.2. The van der Waals surface area contributed by atoms with E-state index in [1.54, 1.807) is 34.1 Å². The first kappa shape index (κ1) is 21.7. The molecule has 3 aromatic rings. The summed E-state index contributed by atoms with van der Waals surface area (Å²) in [5, 5.41) is 10.1. The van der Waals surface area contributed by atoms with Gasteiger partial charge in [-0.05, 0) is 42.7 Å². The molecule has 0 aliphatic carbocycles. The van der Waals surface area contributed by atoms with Crippen LogP contribution < -0.4 is 4.90 Å². The summed E-state index contributed by atoms with van der Waals surface area (Å²) in [5.74, 6) is -0.409. The molecule has 0 radical (unpaired) electrons. The van der Waals surface area contributed by atoms with Crippen molar-refractivity contribution in [1.29, 1.82) is 5.26 Å². The van der Waals surface area contributed by atoms with Crippen LogP contribution in [0.15, 0.2) is 71.5 Å². The molecule has 1 fully saturated rings. The maximum atomic E-state index is 13.6. The molecule has 1 saturated heterocycles. The summed E-state index contributed by atoms with van der Waals surface area (Å²) in [4.78, 5) is 29.6. The van der Waals surface area contributed by atoms with Gasteiger partial charge in [0.1, 0.15) is 12.3 Å². The summed E-state index contributed by atoms with van der Waals surface area (Å²) < 4.78 is 5.01. The second kappa shape index (κ2) is 9.71. The number of furan rings is 1. The van der Waals surface area contributed by atoms with Crippen molar-refractivity contribution in [3.8, 4) is 6.07 Å². The first-order chi connectivity index (χ1) is 15.6. The van der Waals surface area contributed by atoms with E-state index in [0.717, 1.165) is 5.56 Å². The quantitative estimate of drug-likeness (QED) is 0.557. The maximum Gasteiger partial charge on any atom is 0.257 e. The number of benzene rings is 2. The van der Waals surface area contributed by atoms with E-state index in [9.17, 15) is 14.9 Å². The van der Waals surface area contributed by atoms with Gasteiger partial charge in [-0.15, -0.1) is 0 Å². The van der Waals surface area contributed by atoms with Crippen molar-refractivity contribution in [2.45, 2.75) is 19.4 Å². The van der Waals surface area contributed by atoms with Gasteiger partial charge in [0, 0.05) is 24.0 Å². The molecule has 0 N–H and O–H groups in total. The number of hydrogen-bond donors (Lipinski definition) is 0. The predicted octanol–water partition coefficient (Wildman–Crippen LogP) is 4.89. The predicted molar refractivity (Wildman–Crippen MR) is 121 cm³/mol. The van der Waals surface area contributed by atoms with E-state index >= 15 is 0 Å². The molecule has 0 unspecified atom stereocenters. The SMILES string of the molecule is N#Cc1ccc(Cl)cc1N(Cc1ccccc1)C(=O)C1CCN(C(=O)c2ccoc2)CC1. The Hall–Kier alpha value is -3.56. The van der Waals surface area contributed by atoms with Crippen LogP contribution in [-0.4, -0.2) is 29.8 Å². The molecule has 32 heavy (non-hydrogen) atoms. The minimum atomic E-state index is -0.252. The van der Waals surface area contributed by atoms with Crippen LogP contribution in [0.3, 0.4) is 0 Å². The van der Waals surface area contributed by atoms with Crippen molar-refractivity contribution in [2.24, 2.45) is 5.92 Å².